The van der Waals surface area contributed by atoms with Crippen molar-refractivity contribution < 1.29 is 0 Å². The molecule has 0 unspecified atom stereocenters. The van der Waals surface area contributed by atoms with E-state index in [1.54, 1.807) is 6.33 Å². The number of benzene rings is 2. The lowest BCUT2D eigenvalue weighted by molar-refractivity contribution is 0.786. The van der Waals surface area contributed by atoms with Crippen LogP contribution in [0.2, 0.25) is 0 Å². The molecule has 1 N–H and O–H groups in total. The van der Waals surface area contributed by atoms with Gasteiger partial charge in [0.25, 0.3) is 0 Å². The largest absolute Gasteiger partial charge is 0.347 e. The van der Waals surface area contributed by atoms with Crippen molar-refractivity contribution in [2.45, 2.75) is 20.0 Å². The molecule has 0 radical (unpaired) electrons. The minimum atomic E-state index is 0.798. The van der Waals surface area contributed by atoms with Gasteiger partial charge >= 0.3 is 0 Å². The van der Waals surface area contributed by atoms with Crippen molar-refractivity contribution in [2.75, 3.05) is 4.90 Å². The number of hydrogen-bond donors (Lipinski definition) is 1. The van der Waals surface area contributed by atoms with Gasteiger partial charge in [0.1, 0.15) is 17.8 Å². The van der Waals surface area contributed by atoms with Crippen LogP contribution in [0.3, 0.4) is 0 Å². The molecular formula is C21H20N4. The summed E-state index contributed by atoms with van der Waals surface area (Å²) in [5.74, 6) is 0.960. The molecule has 0 aliphatic heterocycles. The molecule has 0 fully saturated rings. The molecule has 0 amide bonds. The summed E-state index contributed by atoms with van der Waals surface area (Å²) in [5.41, 5.74) is 4.50. The minimum Gasteiger partial charge on any atom is -0.347 e. The maximum absolute atomic E-state index is 4.61. The Hall–Kier alpha value is -3.14. The second-order valence-electron chi connectivity index (χ2n) is 6.24. The third-order valence-electron chi connectivity index (χ3n) is 4.27. The van der Waals surface area contributed by atoms with Crippen LogP contribution >= 0.6 is 0 Å². The van der Waals surface area contributed by atoms with Crippen LogP contribution < -0.4 is 4.90 Å². The van der Waals surface area contributed by atoms with E-state index in [9.17, 15) is 0 Å². The molecule has 2 heterocycles. The van der Waals surface area contributed by atoms with Crippen LogP contribution in [0, 0.1) is 6.92 Å². The molecule has 0 bridgehead atoms. The zero-order chi connectivity index (χ0) is 17.1. The van der Waals surface area contributed by atoms with Crippen molar-refractivity contribution in [3.05, 3.63) is 89.9 Å². The van der Waals surface area contributed by atoms with Gasteiger partial charge in [-0.2, -0.15) is 0 Å². The third kappa shape index (κ3) is 3.38. The van der Waals surface area contributed by atoms with E-state index in [2.05, 4.69) is 74.4 Å². The summed E-state index contributed by atoms with van der Waals surface area (Å²) in [7, 11) is 0. The lowest BCUT2D eigenvalue weighted by Crippen LogP contribution is -2.23. The monoisotopic (exact) mass is 328 g/mol. The highest BCUT2D eigenvalue weighted by atomic mass is 15.2. The van der Waals surface area contributed by atoms with Crippen LogP contribution in [-0.4, -0.2) is 15.0 Å². The van der Waals surface area contributed by atoms with Crippen molar-refractivity contribution in [1.82, 2.24) is 15.0 Å². The second kappa shape index (κ2) is 6.77. The Bertz CT molecular complexity index is 920. The van der Waals surface area contributed by atoms with Gasteiger partial charge in [0, 0.05) is 18.8 Å². The molecule has 2 aromatic carbocycles. The van der Waals surface area contributed by atoms with Crippen LogP contribution in [0.4, 0.5) is 5.82 Å². The summed E-state index contributed by atoms with van der Waals surface area (Å²) in [5, 5.41) is 1.06. The van der Waals surface area contributed by atoms with E-state index >= 15 is 0 Å². The summed E-state index contributed by atoms with van der Waals surface area (Å²) < 4.78 is 0. The normalized spacial score (nSPS) is 10.9. The maximum Gasteiger partial charge on any atom is 0.143 e. The standard InChI is InChI=1S/C21H20N4/c1-16-12-19-20(24-16)22-15-23-21(19)25(13-17-8-4-2-5-9-17)14-18-10-6-3-7-11-18/h2-12,15H,13-14H2,1H3,(H,22,23,24). The van der Waals surface area contributed by atoms with Crippen molar-refractivity contribution in [3.8, 4) is 0 Å². The number of aromatic amines is 1. The van der Waals surface area contributed by atoms with E-state index < -0.39 is 0 Å². The average molecular weight is 328 g/mol. The fraction of sp³-hybridized carbons (Fsp3) is 0.143. The number of nitrogens with zero attached hydrogens (tertiary/aromatic N) is 3. The number of hydrogen-bond acceptors (Lipinski definition) is 3. The Balaban J connectivity index is 1.75. The fourth-order valence-electron chi connectivity index (χ4n) is 3.12. The van der Waals surface area contributed by atoms with Crippen molar-refractivity contribution in [2.24, 2.45) is 0 Å². The van der Waals surface area contributed by atoms with E-state index in [4.69, 9.17) is 0 Å². The topological polar surface area (TPSA) is 44.8 Å². The predicted molar refractivity (Wildman–Crippen MR) is 101 cm³/mol. The van der Waals surface area contributed by atoms with Gasteiger partial charge < -0.3 is 9.88 Å². The number of rotatable bonds is 5. The maximum atomic E-state index is 4.61. The van der Waals surface area contributed by atoms with E-state index in [1.165, 1.54) is 11.1 Å². The molecule has 4 rings (SSSR count). The summed E-state index contributed by atoms with van der Waals surface area (Å²) in [4.78, 5) is 14.6. The van der Waals surface area contributed by atoms with Crippen LogP contribution in [-0.2, 0) is 13.1 Å². The molecule has 0 saturated carbocycles. The Morgan fingerprint density at radius 1 is 0.840 bits per heavy atom. The summed E-state index contributed by atoms with van der Waals surface area (Å²) >= 11 is 0. The zero-order valence-corrected chi connectivity index (χ0v) is 14.2. The van der Waals surface area contributed by atoms with Crippen molar-refractivity contribution in [1.29, 1.82) is 0 Å². The fourth-order valence-corrected chi connectivity index (χ4v) is 3.12. The first-order valence-electron chi connectivity index (χ1n) is 8.43. The molecule has 0 aliphatic carbocycles. The first-order chi connectivity index (χ1) is 12.3. The van der Waals surface area contributed by atoms with E-state index in [-0.39, 0.29) is 0 Å². The molecule has 4 aromatic rings. The molecular weight excluding hydrogens is 308 g/mol. The van der Waals surface area contributed by atoms with Gasteiger partial charge in [0.2, 0.25) is 0 Å². The van der Waals surface area contributed by atoms with E-state index in [0.717, 1.165) is 35.6 Å². The average Bonchev–Trinajstić information content (AvgIpc) is 3.03. The van der Waals surface area contributed by atoms with Gasteiger partial charge in [0.05, 0.1) is 5.39 Å². The van der Waals surface area contributed by atoms with Gasteiger partial charge in [-0.1, -0.05) is 60.7 Å². The van der Waals surface area contributed by atoms with E-state index in [0.29, 0.717) is 0 Å². The molecule has 25 heavy (non-hydrogen) atoms. The summed E-state index contributed by atoms with van der Waals surface area (Å²) in [6.07, 6.45) is 1.64. The van der Waals surface area contributed by atoms with Crippen molar-refractivity contribution in [3.63, 3.8) is 0 Å². The Morgan fingerprint density at radius 3 is 2.04 bits per heavy atom. The Labute approximate surface area is 147 Å². The third-order valence-corrected chi connectivity index (χ3v) is 4.27. The van der Waals surface area contributed by atoms with E-state index in [1.807, 2.05) is 19.1 Å². The van der Waals surface area contributed by atoms with Gasteiger partial charge in [-0.3, -0.25) is 0 Å². The molecule has 4 nitrogen and oxygen atoms in total. The number of H-pyrrole nitrogens is 1. The smallest absolute Gasteiger partial charge is 0.143 e. The second-order valence-corrected chi connectivity index (χ2v) is 6.24. The highest BCUT2D eigenvalue weighted by molar-refractivity contribution is 5.88. The molecule has 0 aliphatic rings. The lowest BCUT2D eigenvalue weighted by atomic mass is 10.1. The Kier molecular flexibility index (Phi) is 4.17. The minimum absolute atomic E-state index is 0.798. The van der Waals surface area contributed by atoms with Crippen LogP contribution in [0.5, 0.6) is 0 Å². The predicted octanol–water partition coefficient (Wildman–Crippen LogP) is 4.47. The summed E-state index contributed by atoms with van der Waals surface area (Å²) in [6, 6.07) is 23.1. The first kappa shape index (κ1) is 15.4. The molecule has 0 saturated heterocycles. The molecule has 2 aromatic heterocycles. The summed E-state index contributed by atoms with van der Waals surface area (Å²) in [6.45, 7) is 3.64. The van der Waals surface area contributed by atoms with Crippen LogP contribution in [0.1, 0.15) is 16.8 Å². The number of nitrogens with one attached hydrogen (secondary N) is 1. The van der Waals surface area contributed by atoms with Gasteiger partial charge in [-0.05, 0) is 24.1 Å². The highest BCUT2D eigenvalue weighted by Crippen LogP contribution is 2.26. The molecule has 124 valence electrons. The van der Waals surface area contributed by atoms with Gasteiger partial charge in [-0.25, -0.2) is 9.97 Å². The quantitative estimate of drug-likeness (QED) is 0.588. The van der Waals surface area contributed by atoms with Crippen LogP contribution in [0.15, 0.2) is 73.1 Å². The van der Waals surface area contributed by atoms with Crippen molar-refractivity contribution >= 4 is 16.9 Å². The number of fused-ring (bicyclic) bond motifs is 1. The van der Waals surface area contributed by atoms with Gasteiger partial charge in [0.15, 0.2) is 0 Å². The molecule has 0 spiro atoms. The Morgan fingerprint density at radius 2 is 1.44 bits per heavy atom. The number of aromatic nitrogens is 3. The SMILES string of the molecule is Cc1cc2c(N(Cc3ccccc3)Cc3ccccc3)ncnc2[nH]1. The zero-order valence-electron chi connectivity index (χ0n) is 14.2. The first-order valence-corrected chi connectivity index (χ1v) is 8.43. The van der Waals surface area contributed by atoms with Gasteiger partial charge in [-0.15, -0.1) is 0 Å². The van der Waals surface area contributed by atoms with Crippen LogP contribution in [0.25, 0.3) is 11.0 Å². The molecule has 0 atom stereocenters. The number of anilines is 1. The highest BCUT2D eigenvalue weighted by Gasteiger charge is 2.15. The lowest BCUT2D eigenvalue weighted by Gasteiger charge is -2.24. The molecule has 4 heteroatoms. The number of aryl methyl sites for hydroxylation is 1.